The number of halogens is 1. The van der Waals surface area contributed by atoms with Crippen LogP contribution in [0.2, 0.25) is 0 Å². The number of ether oxygens (including phenoxy) is 1. The van der Waals surface area contributed by atoms with E-state index in [1.165, 1.54) is 6.07 Å². The average molecular weight is 525 g/mol. The number of carboxylic acids is 1. The number of para-hydroxylation sites is 1. The average Bonchev–Trinajstić information content (AvgIpc) is 2.80. The molecule has 0 aliphatic rings. The van der Waals surface area contributed by atoms with Gasteiger partial charge in [-0.05, 0) is 44.0 Å². The number of aliphatic imine (C=N–C) groups is 1. The first-order valence-electron chi connectivity index (χ1n) is 10.7. The van der Waals surface area contributed by atoms with Gasteiger partial charge < -0.3 is 18.9 Å². The van der Waals surface area contributed by atoms with Crippen molar-refractivity contribution in [1.82, 2.24) is 4.72 Å². The van der Waals surface area contributed by atoms with Gasteiger partial charge in [-0.25, -0.2) is 9.79 Å². The van der Waals surface area contributed by atoms with Crippen LogP contribution < -0.4 is 9.46 Å². The Labute approximate surface area is 211 Å². The Bertz CT molecular complexity index is 1020. The lowest BCUT2D eigenvalue weighted by molar-refractivity contribution is 0.0696. The summed E-state index contributed by atoms with van der Waals surface area (Å²) in [7, 11) is 0. The van der Waals surface area contributed by atoms with Gasteiger partial charge in [0, 0.05) is 23.3 Å². The zero-order chi connectivity index (χ0) is 25.1. The van der Waals surface area contributed by atoms with Crippen LogP contribution in [0.25, 0.3) is 0 Å². The molecule has 0 bridgehead atoms. The Morgan fingerprint density at radius 3 is 2.44 bits per heavy atom. The monoisotopic (exact) mass is 524 g/mol. The van der Waals surface area contributed by atoms with E-state index in [4.69, 9.17) is 16.3 Å². The molecule has 0 aliphatic carbocycles. The highest BCUT2D eigenvalue weighted by molar-refractivity contribution is 8.06. The molecule has 10 heteroatoms. The molecular weight excluding hydrogens is 496 g/mol. The number of alkyl halides is 1. The second-order valence-electron chi connectivity index (χ2n) is 7.16. The molecule has 0 saturated carbocycles. The number of hydrogen-bond donors (Lipinski definition) is 2. The molecule has 3 atom stereocenters. The minimum Gasteiger partial charge on any atom is -0.610 e. The predicted octanol–water partition coefficient (Wildman–Crippen LogP) is 4.42. The number of carboxylic acid groups (broad SMARTS) is 1. The molecular formula is C24H29ClN2O5S2. The summed E-state index contributed by atoms with van der Waals surface area (Å²) >= 11 is 2.76. The number of aromatic carboxylic acids is 1. The van der Waals surface area contributed by atoms with Gasteiger partial charge in [-0.2, -0.15) is 4.72 Å². The lowest BCUT2D eigenvalue weighted by atomic mass is 10.1. The van der Waals surface area contributed by atoms with Crippen LogP contribution in [-0.4, -0.2) is 43.1 Å². The Balaban J connectivity index is 2.21. The van der Waals surface area contributed by atoms with Crippen molar-refractivity contribution in [3.63, 3.8) is 0 Å². The van der Waals surface area contributed by atoms with E-state index in [1.807, 2.05) is 31.2 Å². The van der Waals surface area contributed by atoms with Crippen LogP contribution >= 0.6 is 11.6 Å². The van der Waals surface area contributed by atoms with Crippen molar-refractivity contribution in [2.75, 3.05) is 12.5 Å². The third-order valence-corrected chi connectivity index (χ3v) is 6.84. The fraction of sp³-hybridized carbons (Fsp3) is 0.333. The van der Waals surface area contributed by atoms with Crippen LogP contribution in [-0.2, 0) is 34.7 Å². The number of allylic oxidation sites excluding steroid dienone is 1. The van der Waals surface area contributed by atoms with E-state index in [2.05, 4.69) is 9.71 Å². The number of nitrogens with one attached hydrogen (secondary N) is 1. The first-order valence-corrected chi connectivity index (χ1v) is 13.8. The van der Waals surface area contributed by atoms with Gasteiger partial charge in [0.2, 0.25) is 0 Å². The highest BCUT2D eigenvalue weighted by atomic mass is 35.5. The van der Waals surface area contributed by atoms with Crippen LogP contribution in [0.4, 0.5) is 0 Å². The molecule has 184 valence electrons. The number of benzene rings is 2. The fourth-order valence-corrected chi connectivity index (χ4v) is 5.27. The predicted molar refractivity (Wildman–Crippen MR) is 139 cm³/mol. The SMILES string of the molecule is CC/N=C(\C(=C/C(C)Cl)N[S+]([O-])COc1ccccc1CC)[S+]([O-])Cc1ccccc1C(=O)O. The van der Waals surface area contributed by atoms with Gasteiger partial charge in [0.15, 0.2) is 5.70 Å². The highest BCUT2D eigenvalue weighted by Crippen LogP contribution is 2.20. The second kappa shape index (κ2) is 14.3. The number of aryl methyl sites for hydroxylation is 1. The number of nitrogens with zero attached hydrogens (tertiary/aromatic N) is 1. The van der Waals surface area contributed by atoms with E-state index in [0.717, 1.165) is 12.0 Å². The molecule has 0 amide bonds. The molecule has 0 fully saturated rings. The van der Waals surface area contributed by atoms with Crippen LogP contribution in [0, 0.1) is 0 Å². The summed E-state index contributed by atoms with van der Waals surface area (Å²) < 4.78 is 34.6. The molecule has 2 rings (SSSR count). The topological polar surface area (TPSA) is 117 Å². The molecule has 7 nitrogen and oxygen atoms in total. The van der Waals surface area contributed by atoms with Crippen molar-refractivity contribution in [1.29, 1.82) is 0 Å². The third-order valence-electron chi connectivity index (χ3n) is 4.58. The first kappa shape index (κ1) is 28.1. The molecule has 0 heterocycles. The quantitative estimate of drug-likeness (QED) is 0.184. The maximum Gasteiger partial charge on any atom is 0.336 e. The Kier molecular flexibility index (Phi) is 11.8. The van der Waals surface area contributed by atoms with Gasteiger partial charge in [0.1, 0.15) is 22.9 Å². The summed E-state index contributed by atoms with van der Waals surface area (Å²) in [6.45, 7) is 5.83. The molecule has 34 heavy (non-hydrogen) atoms. The molecule has 2 aromatic carbocycles. The van der Waals surface area contributed by atoms with E-state index in [-0.39, 0.29) is 28.0 Å². The Morgan fingerprint density at radius 1 is 1.18 bits per heavy atom. The Hall–Kier alpha value is -2.17. The molecule has 2 aromatic rings. The van der Waals surface area contributed by atoms with Gasteiger partial charge in [0.25, 0.3) is 11.0 Å². The summed E-state index contributed by atoms with van der Waals surface area (Å²) in [6.07, 6.45) is 2.35. The smallest absolute Gasteiger partial charge is 0.336 e. The Morgan fingerprint density at radius 2 is 1.82 bits per heavy atom. The first-order chi connectivity index (χ1) is 16.3. The lowest BCUT2D eigenvalue weighted by Gasteiger charge is -2.19. The van der Waals surface area contributed by atoms with Gasteiger partial charge in [-0.3, -0.25) is 0 Å². The zero-order valence-corrected chi connectivity index (χ0v) is 21.7. The van der Waals surface area contributed by atoms with Crippen LogP contribution in [0.3, 0.4) is 0 Å². The third kappa shape index (κ3) is 8.56. The lowest BCUT2D eigenvalue weighted by Crippen LogP contribution is -2.35. The van der Waals surface area contributed by atoms with Crippen molar-refractivity contribution in [3.05, 3.63) is 77.0 Å². The molecule has 0 radical (unpaired) electrons. The molecule has 0 aliphatic heterocycles. The van der Waals surface area contributed by atoms with E-state index in [9.17, 15) is 19.0 Å². The maximum absolute atomic E-state index is 13.3. The largest absolute Gasteiger partial charge is 0.610 e. The van der Waals surface area contributed by atoms with E-state index in [0.29, 0.717) is 17.9 Å². The fourth-order valence-electron chi connectivity index (χ4n) is 3.07. The van der Waals surface area contributed by atoms with Crippen molar-refractivity contribution >= 4 is 45.2 Å². The summed E-state index contributed by atoms with van der Waals surface area (Å²) in [5.74, 6) is -0.661. The molecule has 0 saturated heterocycles. The van der Waals surface area contributed by atoms with Gasteiger partial charge in [0.05, 0.1) is 10.9 Å². The summed E-state index contributed by atoms with van der Waals surface area (Å²) in [5.41, 5.74) is 1.75. The molecule has 0 spiro atoms. The van der Waals surface area contributed by atoms with Crippen LogP contribution in [0.1, 0.15) is 42.3 Å². The van der Waals surface area contributed by atoms with E-state index in [1.54, 1.807) is 38.1 Å². The van der Waals surface area contributed by atoms with Crippen LogP contribution in [0.15, 0.2) is 65.3 Å². The maximum atomic E-state index is 13.3. The number of hydrogen-bond acceptors (Lipinski definition) is 6. The van der Waals surface area contributed by atoms with E-state index >= 15 is 0 Å². The standard InChI is InChI=1S/C24H29ClN2O5S2/c1-4-18-10-7-9-13-22(18)32-16-34(31)27-21(14-17(3)25)23(26-5-2)33(30)15-19-11-6-8-12-20(19)24(28)29/h6-14,17,27H,4-5,15-16H2,1-3H3,(H,28,29)/b21-14+,26-23+. The van der Waals surface area contributed by atoms with Crippen molar-refractivity contribution < 1.29 is 23.7 Å². The van der Waals surface area contributed by atoms with Gasteiger partial charge in [-0.15, -0.1) is 11.6 Å². The summed E-state index contributed by atoms with van der Waals surface area (Å²) in [4.78, 5) is 15.9. The van der Waals surface area contributed by atoms with Gasteiger partial charge in [-0.1, -0.05) is 43.3 Å². The van der Waals surface area contributed by atoms with Crippen molar-refractivity contribution in [3.8, 4) is 5.75 Å². The number of rotatable bonds is 12. The molecule has 3 unspecified atom stereocenters. The highest BCUT2D eigenvalue weighted by Gasteiger charge is 2.28. The number of carbonyl (C=O) groups is 1. The minimum atomic E-state index is -1.72. The normalized spacial score (nSPS) is 14.9. The minimum absolute atomic E-state index is 0.0655. The van der Waals surface area contributed by atoms with Gasteiger partial charge >= 0.3 is 5.97 Å². The van der Waals surface area contributed by atoms with Crippen molar-refractivity contribution in [2.45, 2.75) is 38.3 Å². The molecule has 0 aromatic heterocycles. The molecule has 2 N–H and O–H groups in total. The van der Waals surface area contributed by atoms with Crippen LogP contribution in [0.5, 0.6) is 5.75 Å². The second-order valence-corrected chi connectivity index (χ2v) is 10.3. The zero-order valence-electron chi connectivity index (χ0n) is 19.3. The summed E-state index contributed by atoms with van der Waals surface area (Å²) in [6, 6.07) is 13.9. The van der Waals surface area contributed by atoms with Crippen molar-refractivity contribution in [2.24, 2.45) is 4.99 Å². The van der Waals surface area contributed by atoms with E-state index < -0.39 is 33.9 Å². The summed E-state index contributed by atoms with van der Waals surface area (Å²) in [5, 5.41) is 9.13.